The molecule has 4 aromatic rings. The van der Waals surface area contributed by atoms with E-state index in [-0.39, 0.29) is 35.7 Å². The summed E-state index contributed by atoms with van der Waals surface area (Å²) in [5.74, 6) is 0.354. The van der Waals surface area contributed by atoms with Crippen LogP contribution in [-0.4, -0.2) is 88.1 Å². The topological polar surface area (TPSA) is 162 Å². The van der Waals surface area contributed by atoms with E-state index in [1.165, 1.54) is 36.6 Å². The van der Waals surface area contributed by atoms with Gasteiger partial charge >= 0.3 is 12.2 Å². The molecule has 2 fully saturated rings. The summed E-state index contributed by atoms with van der Waals surface area (Å²) in [5, 5.41) is 5.46. The van der Waals surface area contributed by atoms with Crippen molar-refractivity contribution in [3.63, 3.8) is 0 Å². The second kappa shape index (κ2) is 16.9. The largest absolute Gasteiger partial charge is 0.453 e. The smallest absolute Gasteiger partial charge is 0.407 e. The molecule has 302 valence electrons. The number of amides is 4. The molecule has 0 radical (unpaired) electrons. The molecule has 57 heavy (non-hydrogen) atoms. The number of rotatable bonds is 10. The van der Waals surface area contributed by atoms with Gasteiger partial charge in [-0.3, -0.25) is 9.59 Å². The molecule has 3 aliphatic rings. The fraction of sp³-hybridized carbons (Fsp3) is 0.477. The molecule has 2 aromatic carbocycles. The third kappa shape index (κ3) is 8.29. The summed E-state index contributed by atoms with van der Waals surface area (Å²) in [4.78, 5) is 67.0. The van der Waals surface area contributed by atoms with Crippen LogP contribution in [-0.2, 0) is 38.3 Å². The normalized spacial score (nSPS) is 18.8. The molecule has 0 bridgehead atoms. The Hall–Kier alpha value is -5.59. The van der Waals surface area contributed by atoms with Crippen LogP contribution in [0.3, 0.4) is 0 Å². The van der Waals surface area contributed by atoms with E-state index in [2.05, 4.69) is 69.1 Å². The Morgan fingerprint density at radius 2 is 1.26 bits per heavy atom. The Labute approximate surface area is 334 Å². The summed E-state index contributed by atoms with van der Waals surface area (Å²) < 4.78 is 9.58. The molecule has 0 saturated carbocycles. The van der Waals surface area contributed by atoms with Crippen molar-refractivity contribution >= 4 is 24.0 Å². The van der Waals surface area contributed by atoms with Gasteiger partial charge in [-0.05, 0) is 89.8 Å². The summed E-state index contributed by atoms with van der Waals surface area (Å²) in [6.07, 6.45) is 6.68. The van der Waals surface area contributed by atoms with Crippen LogP contribution in [0.1, 0.15) is 99.4 Å². The maximum atomic E-state index is 13.7. The number of hydrogen-bond acceptors (Lipinski definition) is 7. The molecule has 2 aromatic heterocycles. The zero-order valence-corrected chi connectivity index (χ0v) is 33.8. The summed E-state index contributed by atoms with van der Waals surface area (Å²) in [7, 11) is 2.61. The van der Waals surface area contributed by atoms with Crippen molar-refractivity contribution in [2.24, 2.45) is 11.8 Å². The minimum atomic E-state index is -0.683. The van der Waals surface area contributed by atoms with Crippen LogP contribution < -0.4 is 10.6 Å². The number of aryl methyl sites for hydroxylation is 2. The zero-order chi connectivity index (χ0) is 40.4. The van der Waals surface area contributed by atoms with Gasteiger partial charge in [0.05, 0.1) is 38.2 Å². The zero-order valence-electron chi connectivity index (χ0n) is 33.8. The predicted octanol–water partition coefficient (Wildman–Crippen LogP) is 6.85. The van der Waals surface area contributed by atoms with Crippen LogP contribution >= 0.6 is 0 Å². The van der Waals surface area contributed by atoms with Crippen molar-refractivity contribution < 1.29 is 28.7 Å². The number of ether oxygens (including phenoxy) is 2. The molecule has 1 aliphatic carbocycles. The number of benzene rings is 2. The first-order valence-electron chi connectivity index (χ1n) is 20.2. The molecule has 4 N–H and O–H groups in total. The van der Waals surface area contributed by atoms with Crippen molar-refractivity contribution in [2.45, 2.75) is 96.8 Å². The second-order valence-corrected chi connectivity index (χ2v) is 16.2. The number of nitrogens with one attached hydrogen (secondary N) is 4. The van der Waals surface area contributed by atoms with Gasteiger partial charge < -0.3 is 39.9 Å². The number of likely N-dealkylation sites (tertiary alicyclic amines) is 2. The molecule has 0 unspecified atom stereocenters. The van der Waals surface area contributed by atoms with Crippen LogP contribution in [0, 0.1) is 11.8 Å². The molecule has 2 saturated heterocycles. The summed E-state index contributed by atoms with van der Waals surface area (Å²) in [6.45, 7) is 8.94. The number of aromatic nitrogens is 3. The number of carbonyl (C=O) groups excluding carboxylic acids is 4. The molecular formula is C44H55N7O6. The highest BCUT2D eigenvalue weighted by molar-refractivity contribution is 5.87. The Balaban J connectivity index is 1.04. The minimum absolute atomic E-state index is 0.0625. The van der Waals surface area contributed by atoms with Crippen LogP contribution in [0.15, 0.2) is 54.7 Å². The van der Waals surface area contributed by atoms with E-state index in [1.807, 2.05) is 43.7 Å². The summed E-state index contributed by atoms with van der Waals surface area (Å²) >= 11 is 0. The molecule has 2 aliphatic heterocycles. The van der Waals surface area contributed by atoms with E-state index in [9.17, 15) is 19.2 Å². The quantitative estimate of drug-likeness (QED) is 0.137. The lowest BCUT2D eigenvalue weighted by atomic mass is 9.95. The van der Waals surface area contributed by atoms with Crippen molar-refractivity contribution in [1.29, 1.82) is 0 Å². The first kappa shape index (κ1) is 39.6. The van der Waals surface area contributed by atoms with E-state index in [0.29, 0.717) is 13.1 Å². The number of aromatic amines is 2. The lowest BCUT2D eigenvalue weighted by Gasteiger charge is -2.30. The fourth-order valence-corrected chi connectivity index (χ4v) is 8.72. The fourth-order valence-electron chi connectivity index (χ4n) is 8.72. The Kier molecular flexibility index (Phi) is 11.7. The Morgan fingerprint density at radius 1 is 0.702 bits per heavy atom. The van der Waals surface area contributed by atoms with Crippen LogP contribution in [0.25, 0.3) is 22.4 Å². The van der Waals surface area contributed by atoms with Gasteiger partial charge in [-0.25, -0.2) is 14.6 Å². The van der Waals surface area contributed by atoms with Crippen LogP contribution in [0.2, 0.25) is 0 Å². The molecule has 7 rings (SSSR count). The average Bonchev–Trinajstić information content (AvgIpc) is 4.04. The van der Waals surface area contributed by atoms with E-state index in [0.717, 1.165) is 78.8 Å². The van der Waals surface area contributed by atoms with Gasteiger partial charge in [0.1, 0.15) is 17.9 Å². The van der Waals surface area contributed by atoms with E-state index < -0.39 is 24.3 Å². The lowest BCUT2D eigenvalue weighted by molar-refractivity contribution is -0.136. The third-order valence-corrected chi connectivity index (χ3v) is 11.9. The van der Waals surface area contributed by atoms with Gasteiger partial charge in [-0.1, -0.05) is 70.2 Å². The van der Waals surface area contributed by atoms with Gasteiger partial charge in [-0.2, -0.15) is 0 Å². The van der Waals surface area contributed by atoms with E-state index in [4.69, 9.17) is 14.5 Å². The Morgan fingerprint density at radius 3 is 1.88 bits per heavy atom. The van der Waals surface area contributed by atoms with E-state index in [1.54, 1.807) is 0 Å². The van der Waals surface area contributed by atoms with Gasteiger partial charge in [0.25, 0.3) is 0 Å². The number of fused-ring (bicyclic) bond motifs is 2. The minimum Gasteiger partial charge on any atom is -0.453 e. The highest BCUT2D eigenvalue weighted by Crippen LogP contribution is 2.37. The Bertz CT molecular complexity index is 2100. The molecule has 0 spiro atoms. The van der Waals surface area contributed by atoms with Crippen LogP contribution in [0.4, 0.5) is 9.59 Å². The standard InChI is InChI=1S/C44H55N7O6/c1-25(2)38(48-43(54)56-5)41(52)50-19-7-9-36(50)34-22-31-18-14-28-13-17-30(21-32(28)23-33(31)46-34)27-11-15-29(16-12-27)35-24-45-40(47-35)37-10-8-20-51(37)42(53)39(26(3)4)49-44(55)57-6/h11-13,15-17,21-22,24-26,36-39,46H,7-10,14,18-20,23H2,1-6H3,(H,45,47)(H,48,54)(H,49,55)/t36-,37-,38-,39-/m0/s1. The highest BCUT2D eigenvalue weighted by Gasteiger charge is 2.39. The van der Waals surface area contributed by atoms with Crippen molar-refractivity contribution in [3.8, 4) is 22.4 Å². The second-order valence-electron chi connectivity index (χ2n) is 16.2. The number of carbonyl (C=O) groups is 4. The summed E-state index contributed by atoms with van der Waals surface area (Å²) in [5.41, 5.74) is 10.3. The number of H-pyrrole nitrogens is 2. The number of imidazole rings is 1. The number of alkyl carbamates (subject to hydrolysis) is 2. The third-order valence-electron chi connectivity index (χ3n) is 11.9. The maximum Gasteiger partial charge on any atom is 0.407 e. The van der Waals surface area contributed by atoms with Crippen molar-refractivity contribution in [1.82, 2.24) is 35.4 Å². The average molecular weight is 778 g/mol. The molecule has 4 amide bonds. The molecule has 13 nitrogen and oxygen atoms in total. The number of hydrogen-bond donors (Lipinski definition) is 4. The van der Waals surface area contributed by atoms with E-state index >= 15 is 0 Å². The van der Waals surface area contributed by atoms with Crippen molar-refractivity contribution in [3.05, 3.63) is 88.6 Å². The first-order valence-corrected chi connectivity index (χ1v) is 20.2. The monoisotopic (exact) mass is 777 g/mol. The molecule has 4 atom stereocenters. The predicted molar refractivity (Wildman–Crippen MR) is 216 cm³/mol. The van der Waals surface area contributed by atoms with Crippen molar-refractivity contribution in [2.75, 3.05) is 27.3 Å². The molecule has 13 heteroatoms. The van der Waals surface area contributed by atoms with Gasteiger partial charge in [0.2, 0.25) is 11.8 Å². The molecule has 4 heterocycles. The van der Waals surface area contributed by atoms with Crippen LogP contribution in [0.5, 0.6) is 0 Å². The molecular weight excluding hydrogens is 723 g/mol. The summed E-state index contributed by atoms with van der Waals surface area (Å²) in [6, 6.07) is 15.9. The lowest BCUT2D eigenvalue weighted by Crippen LogP contribution is -2.51. The van der Waals surface area contributed by atoms with Gasteiger partial charge in [0.15, 0.2) is 0 Å². The first-order chi connectivity index (χ1) is 27.4. The van der Waals surface area contributed by atoms with Gasteiger partial charge in [0, 0.05) is 30.9 Å². The highest BCUT2D eigenvalue weighted by atomic mass is 16.5. The SMILES string of the molecule is COC(=O)N[C@H](C(=O)N1CCC[C@H]1c1cc2c([nH]1)Cc1cc(-c3ccc(-c4cnc([C@@H]5CCCN5C(=O)[C@@H](NC(=O)OC)C(C)C)[nH]4)cc3)ccc1CC2)C(C)C. The maximum absolute atomic E-state index is 13.7. The van der Waals surface area contributed by atoms with Gasteiger partial charge in [-0.15, -0.1) is 0 Å². The number of nitrogens with zero attached hydrogens (tertiary/aromatic N) is 3. The number of methoxy groups -OCH3 is 2.